The van der Waals surface area contributed by atoms with Crippen LogP contribution >= 0.6 is 23.6 Å². The molecule has 0 saturated carbocycles. The number of carbonyl (C=O) groups is 1. The summed E-state index contributed by atoms with van der Waals surface area (Å²) < 4.78 is 5.16. The molecular weight excluding hydrogens is 304 g/mol. The summed E-state index contributed by atoms with van der Waals surface area (Å²) in [5, 5.41) is 14.3. The van der Waals surface area contributed by atoms with Crippen LogP contribution in [0.1, 0.15) is 18.4 Å². The Hall–Kier alpha value is -2.01. The molecule has 1 aliphatic rings. The van der Waals surface area contributed by atoms with Crippen LogP contribution in [-0.2, 0) is 9.53 Å². The summed E-state index contributed by atoms with van der Waals surface area (Å²) in [6.45, 7) is 5.45. The fraction of sp³-hybridized carbons (Fsp3) is 0.200. The molecule has 1 atom stereocenters. The maximum Gasteiger partial charge on any atom is 0.337 e. The highest BCUT2D eigenvalue weighted by Crippen LogP contribution is 2.37. The van der Waals surface area contributed by atoms with Gasteiger partial charge in [-0.3, -0.25) is 5.41 Å². The van der Waals surface area contributed by atoms with Gasteiger partial charge in [-0.2, -0.15) is 11.3 Å². The zero-order chi connectivity index (χ0) is 15.4. The minimum atomic E-state index is -0.439. The average molecular weight is 318 g/mol. The number of esters is 1. The molecule has 1 aliphatic heterocycles. The van der Waals surface area contributed by atoms with Crippen LogP contribution in [0.5, 0.6) is 0 Å². The van der Waals surface area contributed by atoms with Gasteiger partial charge in [-0.25, -0.2) is 4.79 Å². The van der Waals surface area contributed by atoms with Crippen molar-refractivity contribution in [3.63, 3.8) is 0 Å². The Labute approximate surface area is 132 Å². The van der Waals surface area contributed by atoms with Crippen molar-refractivity contribution in [2.45, 2.75) is 12.8 Å². The lowest BCUT2D eigenvalue weighted by Gasteiger charge is -2.28. The standard InChI is InChI=1S/C15H14N2O2S2/c1-3-5-19-15(18)12-9(2)17-14(20)11(7-16)13(12)10-4-6-21-8-10/h3-4,6,8,13,16H,1,5H2,2H3,(H,17,20). The van der Waals surface area contributed by atoms with Crippen molar-refractivity contribution < 1.29 is 9.53 Å². The summed E-state index contributed by atoms with van der Waals surface area (Å²) in [7, 11) is 0. The lowest BCUT2D eigenvalue weighted by atomic mass is 9.83. The molecule has 0 saturated heterocycles. The van der Waals surface area contributed by atoms with Gasteiger partial charge >= 0.3 is 5.97 Å². The highest BCUT2D eigenvalue weighted by atomic mass is 32.1. The molecule has 2 heterocycles. The molecular formula is C15H14N2O2S2. The van der Waals surface area contributed by atoms with Crippen molar-refractivity contribution in [2.24, 2.45) is 0 Å². The molecule has 0 fully saturated rings. The first-order valence-electron chi connectivity index (χ1n) is 6.22. The summed E-state index contributed by atoms with van der Waals surface area (Å²) in [5.41, 5.74) is 2.48. The van der Waals surface area contributed by atoms with Gasteiger partial charge in [0.15, 0.2) is 0 Å². The molecule has 108 valence electrons. The van der Waals surface area contributed by atoms with Gasteiger partial charge in [0.05, 0.1) is 17.1 Å². The first-order chi connectivity index (χ1) is 10.1. The van der Waals surface area contributed by atoms with Crippen molar-refractivity contribution in [3.8, 4) is 0 Å². The van der Waals surface area contributed by atoms with Gasteiger partial charge in [0.25, 0.3) is 0 Å². The number of hydrogen-bond donors (Lipinski definition) is 2. The van der Waals surface area contributed by atoms with Crippen LogP contribution in [0.2, 0.25) is 0 Å². The van der Waals surface area contributed by atoms with Crippen LogP contribution in [0, 0.1) is 5.41 Å². The Balaban J connectivity index is 2.53. The largest absolute Gasteiger partial charge is 0.458 e. The molecule has 1 aromatic heterocycles. The molecule has 1 aromatic rings. The second-order valence-electron chi connectivity index (χ2n) is 4.41. The smallest absolute Gasteiger partial charge is 0.337 e. The number of rotatable bonds is 4. The molecule has 4 nitrogen and oxygen atoms in total. The van der Waals surface area contributed by atoms with Crippen molar-refractivity contribution >= 4 is 40.4 Å². The van der Waals surface area contributed by atoms with E-state index in [1.807, 2.05) is 16.8 Å². The summed E-state index contributed by atoms with van der Waals surface area (Å²) in [4.78, 5) is 12.7. The summed E-state index contributed by atoms with van der Waals surface area (Å²) in [6.07, 6.45) is 1.52. The molecule has 6 heteroatoms. The molecule has 0 bridgehead atoms. The SMILES string of the molecule is C=CCOC(=O)C1=C(C)NC(=S)C(=C=N)C1c1ccsc1. The van der Waals surface area contributed by atoms with Gasteiger partial charge in [-0.05, 0) is 35.2 Å². The molecule has 0 radical (unpaired) electrons. The number of hydrogen-bond acceptors (Lipinski definition) is 5. The van der Waals surface area contributed by atoms with Crippen LogP contribution in [0.4, 0.5) is 0 Å². The van der Waals surface area contributed by atoms with Crippen LogP contribution in [0.3, 0.4) is 0 Å². The zero-order valence-corrected chi connectivity index (χ0v) is 13.1. The zero-order valence-electron chi connectivity index (χ0n) is 11.4. The number of nitrogens with one attached hydrogen (secondary N) is 2. The Morgan fingerprint density at radius 1 is 1.71 bits per heavy atom. The van der Waals surface area contributed by atoms with Crippen LogP contribution in [0.15, 0.2) is 46.3 Å². The van der Waals surface area contributed by atoms with Crippen molar-refractivity contribution in [3.05, 3.63) is 51.9 Å². The Morgan fingerprint density at radius 2 is 2.48 bits per heavy atom. The molecule has 0 spiro atoms. The Morgan fingerprint density at radius 3 is 3.05 bits per heavy atom. The van der Waals surface area contributed by atoms with Crippen molar-refractivity contribution in [1.82, 2.24) is 5.32 Å². The Bertz CT molecular complexity index is 668. The number of ether oxygens (including phenoxy) is 1. The van der Waals surface area contributed by atoms with E-state index in [4.69, 9.17) is 22.4 Å². The third-order valence-corrected chi connectivity index (χ3v) is 4.11. The topological polar surface area (TPSA) is 62.2 Å². The molecule has 1 unspecified atom stereocenters. The van der Waals surface area contributed by atoms with Gasteiger partial charge in [0.2, 0.25) is 0 Å². The maximum atomic E-state index is 12.3. The predicted octanol–water partition coefficient (Wildman–Crippen LogP) is 2.94. The number of thiocarbonyl (C=S) groups is 1. The number of allylic oxidation sites excluding steroid dienone is 1. The third-order valence-electron chi connectivity index (χ3n) is 3.09. The molecule has 21 heavy (non-hydrogen) atoms. The highest BCUT2D eigenvalue weighted by molar-refractivity contribution is 7.80. The molecule has 0 aromatic carbocycles. The van der Waals surface area contributed by atoms with E-state index < -0.39 is 11.9 Å². The van der Waals surface area contributed by atoms with Crippen molar-refractivity contribution in [1.29, 1.82) is 5.41 Å². The third kappa shape index (κ3) is 3.03. The summed E-state index contributed by atoms with van der Waals surface area (Å²) in [6, 6.07) is 1.91. The second kappa shape index (κ2) is 6.63. The van der Waals surface area contributed by atoms with Crippen LogP contribution in [-0.4, -0.2) is 23.4 Å². The fourth-order valence-corrected chi connectivity index (χ4v) is 3.19. The van der Waals surface area contributed by atoms with E-state index in [1.54, 1.807) is 6.92 Å². The van der Waals surface area contributed by atoms with E-state index in [0.717, 1.165) is 5.56 Å². The minimum Gasteiger partial charge on any atom is -0.458 e. The average Bonchev–Trinajstić information content (AvgIpc) is 2.97. The predicted molar refractivity (Wildman–Crippen MR) is 87.9 cm³/mol. The lowest BCUT2D eigenvalue weighted by molar-refractivity contribution is -0.138. The second-order valence-corrected chi connectivity index (χ2v) is 5.60. The van der Waals surface area contributed by atoms with E-state index >= 15 is 0 Å². The number of thiophene rings is 1. The van der Waals surface area contributed by atoms with Crippen LogP contribution < -0.4 is 5.32 Å². The first kappa shape index (κ1) is 15.4. The molecule has 0 amide bonds. The molecule has 2 rings (SSSR count). The summed E-state index contributed by atoms with van der Waals surface area (Å²) >= 11 is 6.77. The van der Waals surface area contributed by atoms with Gasteiger partial charge < -0.3 is 10.1 Å². The van der Waals surface area contributed by atoms with Gasteiger partial charge in [0, 0.05) is 5.70 Å². The summed E-state index contributed by atoms with van der Waals surface area (Å²) in [5.74, 6) is 1.50. The van der Waals surface area contributed by atoms with Gasteiger partial charge in [-0.15, -0.1) is 0 Å². The van der Waals surface area contributed by atoms with E-state index in [9.17, 15) is 4.79 Å². The lowest BCUT2D eigenvalue weighted by Crippen LogP contribution is -2.35. The van der Waals surface area contributed by atoms with Crippen molar-refractivity contribution in [2.75, 3.05) is 6.61 Å². The monoisotopic (exact) mass is 318 g/mol. The highest BCUT2D eigenvalue weighted by Gasteiger charge is 2.35. The van der Waals surface area contributed by atoms with Crippen LogP contribution in [0.25, 0.3) is 0 Å². The Kier molecular flexibility index (Phi) is 4.85. The minimum absolute atomic E-state index is 0.139. The number of carbonyl (C=O) groups excluding carboxylic acids is 1. The quantitative estimate of drug-likeness (QED) is 0.295. The maximum absolute atomic E-state index is 12.3. The molecule has 2 N–H and O–H groups in total. The van der Waals surface area contributed by atoms with Gasteiger partial charge in [-0.1, -0.05) is 24.9 Å². The van der Waals surface area contributed by atoms with E-state index in [2.05, 4.69) is 17.8 Å². The first-order valence-corrected chi connectivity index (χ1v) is 7.57. The van der Waals surface area contributed by atoms with E-state index in [-0.39, 0.29) is 6.61 Å². The fourth-order valence-electron chi connectivity index (χ4n) is 2.18. The van der Waals surface area contributed by atoms with Gasteiger partial charge in [0.1, 0.15) is 11.6 Å². The molecule has 0 aliphatic carbocycles. The van der Waals surface area contributed by atoms with E-state index in [1.165, 1.54) is 17.4 Å². The van der Waals surface area contributed by atoms with E-state index in [0.29, 0.717) is 21.8 Å². The normalized spacial score (nSPS) is 18.0.